The van der Waals surface area contributed by atoms with Gasteiger partial charge in [-0.2, -0.15) is 5.10 Å². The number of rotatable bonds is 7. The highest BCUT2D eigenvalue weighted by molar-refractivity contribution is 7.92. The van der Waals surface area contributed by atoms with Gasteiger partial charge in [0.25, 0.3) is 10.0 Å². The molecule has 108 valence electrons. The smallest absolute Gasteiger partial charge is 0.264 e. The predicted molar refractivity (Wildman–Crippen MR) is 79.2 cm³/mol. The van der Waals surface area contributed by atoms with Crippen molar-refractivity contribution in [2.24, 2.45) is 0 Å². The van der Waals surface area contributed by atoms with Crippen LogP contribution in [0.1, 0.15) is 18.2 Å². The molecule has 8 heteroatoms. The molecule has 0 amide bonds. The highest BCUT2D eigenvalue weighted by Crippen LogP contribution is 2.23. The van der Waals surface area contributed by atoms with Crippen LogP contribution in [-0.2, 0) is 16.6 Å². The molecule has 0 atom stereocenters. The van der Waals surface area contributed by atoms with E-state index in [-0.39, 0.29) is 10.7 Å². The van der Waals surface area contributed by atoms with E-state index in [1.165, 1.54) is 17.5 Å². The number of sulfonamides is 1. The molecule has 0 saturated carbocycles. The van der Waals surface area contributed by atoms with Gasteiger partial charge in [-0.1, -0.05) is 6.92 Å². The lowest BCUT2D eigenvalue weighted by Gasteiger charge is -2.08. The van der Waals surface area contributed by atoms with Gasteiger partial charge in [0.05, 0.1) is 0 Å². The summed E-state index contributed by atoms with van der Waals surface area (Å²) in [4.78, 5) is 1.08. The largest absolute Gasteiger partial charge is 0.312 e. The Hall–Kier alpha value is -1.51. The van der Waals surface area contributed by atoms with Gasteiger partial charge in [-0.3, -0.25) is 4.72 Å². The third-order valence-electron chi connectivity index (χ3n) is 2.52. The standard InChI is InChI=1S/C12H16N4O2S2/c1-2-6-13-9-10-11(5-8-19-10)20(17,18)16-12-4-3-7-14-15-12/h3-5,7-8,13H,2,6,9H2,1H3,(H,15,16). The second-order valence-corrected chi connectivity index (χ2v) is 6.75. The summed E-state index contributed by atoms with van der Waals surface area (Å²) in [5.41, 5.74) is 0. The Bertz CT molecular complexity index is 640. The molecule has 2 aromatic heterocycles. The maximum Gasteiger partial charge on any atom is 0.264 e. The maximum absolute atomic E-state index is 12.3. The van der Waals surface area contributed by atoms with Crippen LogP contribution in [0.2, 0.25) is 0 Å². The van der Waals surface area contributed by atoms with E-state index in [2.05, 4.69) is 27.2 Å². The monoisotopic (exact) mass is 312 g/mol. The minimum absolute atomic E-state index is 0.214. The van der Waals surface area contributed by atoms with Crippen molar-refractivity contribution < 1.29 is 8.42 Å². The minimum atomic E-state index is -3.62. The molecule has 0 bridgehead atoms. The fraction of sp³-hybridized carbons (Fsp3) is 0.333. The molecular weight excluding hydrogens is 296 g/mol. The quantitative estimate of drug-likeness (QED) is 0.762. The minimum Gasteiger partial charge on any atom is -0.312 e. The second-order valence-electron chi connectivity index (χ2n) is 4.10. The number of nitrogens with zero attached hydrogens (tertiary/aromatic N) is 2. The van der Waals surface area contributed by atoms with Gasteiger partial charge < -0.3 is 5.32 Å². The van der Waals surface area contributed by atoms with E-state index >= 15 is 0 Å². The molecule has 0 fully saturated rings. The summed E-state index contributed by atoms with van der Waals surface area (Å²) in [7, 11) is -3.62. The van der Waals surface area contributed by atoms with Crippen LogP contribution in [0.4, 0.5) is 5.82 Å². The van der Waals surface area contributed by atoms with Gasteiger partial charge in [0.2, 0.25) is 0 Å². The summed E-state index contributed by atoms with van der Waals surface area (Å²) < 4.78 is 27.1. The van der Waals surface area contributed by atoms with Crippen LogP contribution in [0.5, 0.6) is 0 Å². The molecule has 0 aliphatic carbocycles. The van der Waals surface area contributed by atoms with Crippen molar-refractivity contribution in [1.29, 1.82) is 0 Å². The lowest BCUT2D eigenvalue weighted by atomic mass is 10.4. The summed E-state index contributed by atoms with van der Waals surface area (Å²) >= 11 is 1.42. The van der Waals surface area contributed by atoms with E-state index in [0.29, 0.717) is 6.54 Å². The van der Waals surface area contributed by atoms with Gasteiger partial charge in [0, 0.05) is 17.6 Å². The molecule has 2 aromatic rings. The Morgan fingerprint density at radius 2 is 2.20 bits per heavy atom. The fourth-order valence-electron chi connectivity index (χ4n) is 1.62. The molecule has 0 unspecified atom stereocenters. The fourth-order valence-corrected chi connectivity index (χ4v) is 4.04. The first kappa shape index (κ1) is 14.9. The van der Waals surface area contributed by atoms with Crippen LogP contribution >= 0.6 is 11.3 Å². The van der Waals surface area contributed by atoms with Crippen molar-refractivity contribution in [3.63, 3.8) is 0 Å². The molecule has 0 aliphatic heterocycles. The number of aromatic nitrogens is 2. The van der Waals surface area contributed by atoms with Gasteiger partial charge in [-0.15, -0.1) is 16.4 Å². The first-order chi connectivity index (χ1) is 9.63. The van der Waals surface area contributed by atoms with E-state index in [1.807, 2.05) is 0 Å². The predicted octanol–water partition coefficient (Wildman–Crippen LogP) is 1.84. The Labute approximate surface area is 122 Å². The van der Waals surface area contributed by atoms with Crippen LogP contribution < -0.4 is 10.0 Å². The SMILES string of the molecule is CCCNCc1sccc1S(=O)(=O)Nc1cccnn1. The van der Waals surface area contributed by atoms with Crippen LogP contribution in [0.3, 0.4) is 0 Å². The van der Waals surface area contributed by atoms with Crippen LogP contribution in [0, 0.1) is 0 Å². The lowest BCUT2D eigenvalue weighted by Crippen LogP contribution is -2.18. The lowest BCUT2D eigenvalue weighted by molar-refractivity contribution is 0.598. The van der Waals surface area contributed by atoms with Crippen LogP contribution in [0.25, 0.3) is 0 Å². The maximum atomic E-state index is 12.3. The van der Waals surface area contributed by atoms with Gasteiger partial charge in [0.1, 0.15) is 4.90 Å². The second kappa shape index (κ2) is 6.78. The van der Waals surface area contributed by atoms with E-state index in [0.717, 1.165) is 17.8 Å². The van der Waals surface area contributed by atoms with Gasteiger partial charge in [-0.25, -0.2) is 8.42 Å². The van der Waals surface area contributed by atoms with Crippen LogP contribution in [-0.4, -0.2) is 25.2 Å². The van der Waals surface area contributed by atoms with Crippen LogP contribution in [0.15, 0.2) is 34.7 Å². The summed E-state index contributed by atoms with van der Waals surface area (Å²) in [6, 6.07) is 4.79. The number of hydrogen-bond donors (Lipinski definition) is 2. The molecular formula is C12H16N4O2S2. The number of nitrogens with one attached hydrogen (secondary N) is 2. The van der Waals surface area contributed by atoms with Gasteiger partial charge in [0.15, 0.2) is 5.82 Å². The molecule has 0 radical (unpaired) electrons. The first-order valence-electron chi connectivity index (χ1n) is 6.21. The average Bonchev–Trinajstić information content (AvgIpc) is 2.89. The first-order valence-corrected chi connectivity index (χ1v) is 8.57. The molecule has 6 nitrogen and oxygen atoms in total. The van der Waals surface area contributed by atoms with Crippen molar-refractivity contribution in [3.05, 3.63) is 34.7 Å². The molecule has 20 heavy (non-hydrogen) atoms. The highest BCUT2D eigenvalue weighted by atomic mass is 32.2. The molecule has 0 aromatic carbocycles. The Morgan fingerprint density at radius 3 is 2.90 bits per heavy atom. The molecule has 0 spiro atoms. The molecule has 0 aliphatic rings. The highest BCUT2D eigenvalue weighted by Gasteiger charge is 2.20. The van der Waals surface area contributed by atoms with Gasteiger partial charge in [-0.05, 0) is 36.5 Å². The Morgan fingerprint density at radius 1 is 1.35 bits per heavy atom. The van der Waals surface area contributed by atoms with Gasteiger partial charge >= 0.3 is 0 Å². The third-order valence-corrected chi connectivity index (χ3v) is 5.01. The summed E-state index contributed by atoms with van der Waals surface area (Å²) in [6.07, 6.45) is 2.49. The summed E-state index contributed by atoms with van der Waals surface area (Å²) in [5.74, 6) is 0.214. The van der Waals surface area contributed by atoms with Crippen molar-refractivity contribution in [2.45, 2.75) is 24.8 Å². The van der Waals surface area contributed by atoms with Crippen molar-refractivity contribution >= 4 is 27.2 Å². The average molecular weight is 312 g/mol. The van der Waals surface area contributed by atoms with Crippen molar-refractivity contribution in [2.75, 3.05) is 11.3 Å². The zero-order valence-corrected chi connectivity index (χ0v) is 12.7. The number of anilines is 1. The van der Waals surface area contributed by atoms with Crippen molar-refractivity contribution in [1.82, 2.24) is 15.5 Å². The Balaban J connectivity index is 2.15. The van der Waals surface area contributed by atoms with E-state index in [1.54, 1.807) is 23.6 Å². The number of hydrogen-bond acceptors (Lipinski definition) is 6. The zero-order chi connectivity index (χ0) is 14.4. The molecule has 2 N–H and O–H groups in total. The third kappa shape index (κ3) is 3.75. The zero-order valence-electron chi connectivity index (χ0n) is 11.0. The molecule has 2 heterocycles. The number of thiophene rings is 1. The topological polar surface area (TPSA) is 84.0 Å². The normalized spacial score (nSPS) is 11.4. The Kier molecular flexibility index (Phi) is 5.05. The van der Waals surface area contributed by atoms with E-state index < -0.39 is 10.0 Å². The summed E-state index contributed by atoms with van der Waals surface area (Å²) in [6.45, 7) is 3.46. The summed E-state index contributed by atoms with van der Waals surface area (Å²) in [5, 5.41) is 12.3. The van der Waals surface area contributed by atoms with E-state index in [9.17, 15) is 8.42 Å². The van der Waals surface area contributed by atoms with Crippen molar-refractivity contribution in [3.8, 4) is 0 Å². The molecule has 0 saturated heterocycles. The van der Waals surface area contributed by atoms with E-state index in [4.69, 9.17) is 0 Å². The molecule has 2 rings (SSSR count).